The lowest BCUT2D eigenvalue weighted by Crippen LogP contribution is -2.39. The summed E-state index contributed by atoms with van der Waals surface area (Å²) in [6.07, 6.45) is 3.78. The van der Waals surface area contributed by atoms with Crippen LogP contribution in [0.3, 0.4) is 0 Å². The van der Waals surface area contributed by atoms with Gasteiger partial charge in [0, 0.05) is 11.6 Å². The van der Waals surface area contributed by atoms with Crippen LogP contribution in [0.25, 0.3) is 11.0 Å². The first kappa shape index (κ1) is 16.9. The molecule has 8 heteroatoms. The number of ether oxygens (including phenoxy) is 1. The van der Waals surface area contributed by atoms with E-state index < -0.39 is 6.61 Å². The topological polar surface area (TPSA) is 55.0 Å². The van der Waals surface area contributed by atoms with Gasteiger partial charge in [0.15, 0.2) is 0 Å². The van der Waals surface area contributed by atoms with E-state index in [9.17, 15) is 8.78 Å². The smallest absolute Gasteiger partial charge is 0.387 e. The number of fused-ring (bicyclic) bond motifs is 1. The second-order valence-electron chi connectivity index (χ2n) is 6.74. The molecule has 28 heavy (non-hydrogen) atoms. The van der Waals surface area contributed by atoms with Crippen LogP contribution in [0.15, 0.2) is 58.5 Å². The molecule has 3 aromatic rings. The van der Waals surface area contributed by atoms with Gasteiger partial charge in [-0.2, -0.15) is 8.78 Å². The summed E-state index contributed by atoms with van der Waals surface area (Å²) in [5.74, 6) is 2.24. The van der Waals surface area contributed by atoms with Crippen molar-refractivity contribution in [3.63, 3.8) is 0 Å². The molecule has 0 saturated heterocycles. The summed E-state index contributed by atoms with van der Waals surface area (Å²) in [5.41, 5.74) is 2.70. The summed E-state index contributed by atoms with van der Waals surface area (Å²) < 4.78 is 31.4. The van der Waals surface area contributed by atoms with Gasteiger partial charge in [-0.15, -0.1) is 0 Å². The highest BCUT2D eigenvalue weighted by Crippen LogP contribution is 2.41. The second kappa shape index (κ2) is 6.70. The number of aliphatic imine (C=N–C) groups is 2. The van der Waals surface area contributed by atoms with Crippen LogP contribution in [-0.4, -0.2) is 35.1 Å². The lowest BCUT2D eigenvalue weighted by atomic mass is 10.2. The van der Waals surface area contributed by atoms with Crippen molar-refractivity contribution < 1.29 is 13.5 Å². The van der Waals surface area contributed by atoms with Crippen LogP contribution >= 0.6 is 0 Å². The monoisotopic (exact) mass is 381 g/mol. The van der Waals surface area contributed by atoms with Gasteiger partial charge in [-0.25, -0.2) is 9.98 Å². The molecule has 2 aliphatic rings. The Kier molecular flexibility index (Phi) is 4.03. The maximum absolute atomic E-state index is 12.4. The summed E-state index contributed by atoms with van der Waals surface area (Å²) in [7, 11) is 0. The number of alkyl halides is 2. The predicted octanol–water partition coefficient (Wildman–Crippen LogP) is 4.23. The third-order valence-corrected chi connectivity index (χ3v) is 4.82. The second-order valence-corrected chi connectivity index (χ2v) is 6.74. The van der Waals surface area contributed by atoms with Gasteiger partial charge in [-0.1, -0.05) is 12.1 Å². The van der Waals surface area contributed by atoms with E-state index in [2.05, 4.69) is 19.3 Å². The molecule has 1 fully saturated rings. The van der Waals surface area contributed by atoms with Crippen molar-refractivity contribution in [2.24, 2.45) is 9.98 Å². The van der Waals surface area contributed by atoms with Gasteiger partial charge in [-0.05, 0) is 49.2 Å². The van der Waals surface area contributed by atoms with Crippen LogP contribution in [0.4, 0.5) is 14.5 Å². The molecule has 0 radical (unpaired) electrons. The highest BCUT2D eigenvalue weighted by Gasteiger charge is 2.32. The Hall–Kier alpha value is -3.29. The molecule has 6 nitrogen and oxygen atoms in total. The molecule has 142 valence electrons. The molecule has 0 spiro atoms. The lowest BCUT2D eigenvalue weighted by molar-refractivity contribution is -0.0498. The highest BCUT2D eigenvalue weighted by atomic mass is 19.3. The lowest BCUT2D eigenvalue weighted by Gasteiger charge is -2.27. The Bertz CT molecular complexity index is 1070. The highest BCUT2D eigenvalue weighted by molar-refractivity contribution is 6.06. The average molecular weight is 381 g/mol. The Labute approximate surface area is 159 Å². The van der Waals surface area contributed by atoms with E-state index in [0.717, 1.165) is 35.4 Å². The number of rotatable bonds is 4. The average Bonchev–Trinajstić information content (AvgIpc) is 3.48. The minimum atomic E-state index is -2.85. The molecular weight excluding hydrogens is 364 g/mol. The van der Waals surface area contributed by atoms with Crippen molar-refractivity contribution >= 4 is 29.0 Å². The molecule has 0 N–H and O–H groups in total. The van der Waals surface area contributed by atoms with E-state index >= 15 is 0 Å². The molecule has 1 aromatic heterocycles. The van der Waals surface area contributed by atoms with Gasteiger partial charge in [0.2, 0.25) is 5.96 Å². The first-order valence-electron chi connectivity index (χ1n) is 9.07. The number of aromatic nitrogens is 2. The van der Waals surface area contributed by atoms with Crippen molar-refractivity contribution in [2.45, 2.75) is 25.4 Å². The normalized spacial score (nSPS) is 16.7. The fourth-order valence-corrected chi connectivity index (χ4v) is 3.40. The number of para-hydroxylation sites is 2. The summed E-state index contributed by atoms with van der Waals surface area (Å²) in [4.78, 5) is 15.6. The van der Waals surface area contributed by atoms with E-state index in [0.29, 0.717) is 18.5 Å². The number of nitrogens with zero attached hydrogens (tertiary/aromatic N) is 5. The fraction of sp³-hybridized carbons (Fsp3) is 0.250. The fourth-order valence-electron chi connectivity index (χ4n) is 3.40. The molecule has 0 atom stereocenters. The molecule has 0 amide bonds. The van der Waals surface area contributed by atoms with Crippen LogP contribution in [0, 0.1) is 0 Å². The third-order valence-electron chi connectivity index (χ3n) is 4.82. The van der Waals surface area contributed by atoms with Gasteiger partial charge in [-0.3, -0.25) is 14.5 Å². The Morgan fingerprint density at radius 3 is 2.57 bits per heavy atom. The van der Waals surface area contributed by atoms with Crippen LogP contribution < -0.4 is 9.64 Å². The Morgan fingerprint density at radius 1 is 1.04 bits per heavy atom. The van der Waals surface area contributed by atoms with Crippen molar-refractivity contribution in [1.82, 2.24) is 9.55 Å². The number of hydrogen-bond acceptors (Lipinski definition) is 5. The van der Waals surface area contributed by atoms with Crippen molar-refractivity contribution in [3.8, 4) is 5.75 Å². The van der Waals surface area contributed by atoms with Crippen molar-refractivity contribution in [3.05, 3.63) is 54.4 Å². The van der Waals surface area contributed by atoms with Gasteiger partial charge in [0.05, 0.1) is 11.0 Å². The predicted molar refractivity (Wildman–Crippen MR) is 103 cm³/mol. The molecular formula is C20H17F2N5O. The largest absolute Gasteiger partial charge is 0.435 e. The van der Waals surface area contributed by atoms with Gasteiger partial charge < -0.3 is 4.74 Å². The van der Waals surface area contributed by atoms with Crippen LogP contribution in [-0.2, 0) is 0 Å². The van der Waals surface area contributed by atoms with E-state index in [1.165, 1.54) is 12.1 Å². The molecule has 5 rings (SSSR count). The zero-order valence-corrected chi connectivity index (χ0v) is 14.9. The standard InChI is InChI=1S/C20H17F2N5O/c21-19(22)28-15-9-7-14(8-10-15)26-12-23-11-24-20(26)27-17-4-2-1-3-16(17)25-18(27)13-5-6-13/h1-4,7-11,13,19H,5-6,12H2. The Balaban J connectivity index is 1.57. The van der Waals surface area contributed by atoms with Gasteiger partial charge >= 0.3 is 6.61 Å². The van der Waals surface area contributed by atoms with E-state index in [1.54, 1.807) is 18.5 Å². The third kappa shape index (κ3) is 3.00. The summed E-state index contributed by atoms with van der Waals surface area (Å²) in [5, 5.41) is 0. The van der Waals surface area contributed by atoms with Gasteiger partial charge in [0.25, 0.3) is 0 Å². The zero-order valence-electron chi connectivity index (χ0n) is 14.9. The van der Waals surface area contributed by atoms with Crippen molar-refractivity contribution in [2.75, 3.05) is 11.6 Å². The molecule has 2 heterocycles. The Morgan fingerprint density at radius 2 is 1.82 bits per heavy atom. The van der Waals surface area contributed by atoms with Crippen molar-refractivity contribution in [1.29, 1.82) is 0 Å². The van der Waals surface area contributed by atoms with E-state index in [1.807, 2.05) is 29.2 Å². The molecule has 1 aliphatic heterocycles. The van der Waals surface area contributed by atoms with Crippen LogP contribution in [0.2, 0.25) is 0 Å². The maximum Gasteiger partial charge on any atom is 0.387 e. The zero-order chi connectivity index (χ0) is 19.1. The molecule has 2 aromatic carbocycles. The quantitative estimate of drug-likeness (QED) is 0.680. The SMILES string of the molecule is FC(F)Oc1ccc(N2CN=CN=C2n2c(C3CC3)nc3ccccc32)cc1. The number of anilines is 1. The first-order valence-corrected chi connectivity index (χ1v) is 9.07. The maximum atomic E-state index is 12.4. The van der Waals surface area contributed by atoms with Gasteiger partial charge in [0.1, 0.15) is 24.6 Å². The van der Waals surface area contributed by atoms with E-state index in [4.69, 9.17) is 4.98 Å². The van der Waals surface area contributed by atoms with Crippen LogP contribution in [0.1, 0.15) is 24.6 Å². The number of halogens is 2. The first-order chi connectivity index (χ1) is 13.7. The minimum absolute atomic E-state index is 0.115. The minimum Gasteiger partial charge on any atom is -0.435 e. The molecule has 0 unspecified atom stereocenters. The van der Waals surface area contributed by atoms with Crippen LogP contribution in [0.5, 0.6) is 5.75 Å². The number of imidazole rings is 1. The summed E-state index contributed by atoms with van der Waals surface area (Å²) in [6.45, 7) is -2.47. The van der Waals surface area contributed by atoms with E-state index in [-0.39, 0.29) is 5.75 Å². The molecule has 0 bridgehead atoms. The molecule has 1 saturated carbocycles. The summed E-state index contributed by atoms with van der Waals surface area (Å²) in [6, 6.07) is 14.5. The number of benzene rings is 2. The summed E-state index contributed by atoms with van der Waals surface area (Å²) >= 11 is 0. The molecule has 1 aliphatic carbocycles. The number of hydrogen-bond donors (Lipinski definition) is 0.